The van der Waals surface area contributed by atoms with Gasteiger partial charge in [-0.1, -0.05) is 25.1 Å². The molecule has 3 rings (SSSR count). The number of benzene rings is 1. The summed E-state index contributed by atoms with van der Waals surface area (Å²) in [7, 11) is 0. The summed E-state index contributed by atoms with van der Waals surface area (Å²) in [6.07, 6.45) is 5.94. The minimum Gasteiger partial charge on any atom is -0.352 e. The van der Waals surface area contributed by atoms with Gasteiger partial charge in [-0.25, -0.2) is 4.98 Å². The number of carbonyl (C=O) groups excluding carboxylic acids is 2. The summed E-state index contributed by atoms with van der Waals surface area (Å²) in [6, 6.07) is 7.87. The van der Waals surface area contributed by atoms with Crippen LogP contribution in [0.15, 0.2) is 36.4 Å². The summed E-state index contributed by atoms with van der Waals surface area (Å²) in [6.45, 7) is 6.51. The Balaban J connectivity index is 1.74. The minimum atomic E-state index is -0.112. The highest BCUT2D eigenvalue weighted by Gasteiger charge is 2.22. The molecule has 27 heavy (non-hydrogen) atoms. The highest BCUT2D eigenvalue weighted by Crippen LogP contribution is 2.19. The van der Waals surface area contributed by atoms with Crippen molar-refractivity contribution in [2.75, 3.05) is 19.6 Å². The zero-order valence-corrected chi connectivity index (χ0v) is 16.1. The molecule has 0 spiro atoms. The van der Waals surface area contributed by atoms with Gasteiger partial charge in [0.1, 0.15) is 12.4 Å². The Kier molecular flexibility index (Phi) is 6.27. The van der Waals surface area contributed by atoms with Gasteiger partial charge in [-0.05, 0) is 43.9 Å². The predicted octanol–water partition coefficient (Wildman–Crippen LogP) is 2.53. The largest absolute Gasteiger partial charge is 0.352 e. The normalized spacial score (nSPS) is 15.6. The van der Waals surface area contributed by atoms with Crippen LogP contribution in [0.1, 0.15) is 32.5 Å². The van der Waals surface area contributed by atoms with Crippen molar-refractivity contribution < 1.29 is 9.59 Å². The van der Waals surface area contributed by atoms with Crippen molar-refractivity contribution >= 4 is 22.8 Å². The molecule has 0 aliphatic carbocycles. The Labute approximate surface area is 160 Å². The van der Waals surface area contributed by atoms with Gasteiger partial charge in [0.2, 0.25) is 11.8 Å². The van der Waals surface area contributed by atoms with Crippen molar-refractivity contribution in [2.45, 2.75) is 39.7 Å². The zero-order valence-electron chi connectivity index (χ0n) is 16.1. The van der Waals surface area contributed by atoms with E-state index in [0.29, 0.717) is 25.4 Å². The van der Waals surface area contributed by atoms with Gasteiger partial charge in [-0.15, -0.1) is 0 Å². The molecular weight excluding hydrogens is 340 g/mol. The summed E-state index contributed by atoms with van der Waals surface area (Å²) in [4.78, 5) is 31.1. The molecular formula is C21H28N4O2. The van der Waals surface area contributed by atoms with E-state index in [2.05, 4.69) is 17.2 Å². The second-order valence-electron chi connectivity index (χ2n) is 7.21. The first-order valence-corrected chi connectivity index (χ1v) is 9.71. The summed E-state index contributed by atoms with van der Waals surface area (Å²) in [5, 5.41) is 2.85. The van der Waals surface area contributed by atoms with Crippen molar-refractivity contribution in [3.05, 3.63) is 42.2 Å². The average Bonchev–Trinajstić information content (AvgIpc) is 3.00. The van der Waals surface area contributed by atoms with Crippen LogP contribution in [0.5, 0.6) is 0 Å². The highest BCUT2D eigenvalue weighted by molar-refractivity contribution is 5.87. The van der Waals surface area contributed by atoms with E-state index >= 15 is 0 Å². The molecule has 1 aliphatic heterocycles. The van der Waals surface area contributed by atoms with Gasteiger partial charge in [0.05, 0.1) is 11.0 Å². The first-order valence-electron chi connectivity index (χ1n) is 9.71. The summed E-state index contributed by atoms with van der Waals surface area (Å²) in [5.41, 5.74) is 1.85. The molecule has 0 atom stereocenters. The molecule has 0 radical (unpaired) electrons. The second kappa shape index (κ2) is 8.84. The SMILES string of the molecule is C/C=C/C(=O)NCCc1nc2ccccc2n1CC(=O)N1CCC(C)CC1. The molecule has 1 saturated heterocycles. The Morgan fingerprint density at radius 1 is 1.26 bits per heavy atom. The number of imidazole rings is 1. The van der Waals surface area contributed by atoms with Crippen LogP contribution >= 0.6 is 0 Å². The van der Waals surface area contributed by atoms with Crippen molar-refractivity contribution in [2.24, 2.45) is 5.92 Å². The lowest BCUT2D eigenvalue weighted by Gasteiger charge is -2.30. The van der Waals surface area contributed by atoms with Gasteiger partial charge in [-0.3, -0.25) is 9.59 Å². The number of aromatic nitrogens is 2. The third-order valence-corrected chi connectivity index (χ3v) is 5.13. The fraction of sp³-hybridized carbons (Fsp3) is 0.476. The van der Waals surface area contributed by atoms with Crippen LogP contribution in [0.2, 0.25) is 0 Å². The fourth-order valence-corrected chi connectivity index (χ4v) is 3.49. The molecule has 0 unspecified atom stereocenters. The lowest BCUT2D eigenvalue weighted by Crippen LogP contribution is -2.40. The minimum absolute atomic E-state index is 0.112. The van der Waals surface area contributed by atoms with E-state index in [0.717, 1.165) is 42.8 Å². The zero-order chi connectivity index (χ0) is 19.2. The van der Waals surface area contributed by atoms with Gasteiger partial charge in [-0.2, -0.15) is 0 Å². The summed E-state index contributed by atoms with van der Waals surface area (Å²) in [5.74, 6) is 1.55. The van der Waals surface area contributed by atoms with Crippen LogP contribution in [-0.4, -0.2) is 45.9 Å². The molecule has 6 heteroatoms. The van der Waals surface area contributed by atoms with Crippen LogP contribution in [0.3, 0.4) is 0 Å². The molecule has 6 nitrogen and oxygen atoms in total. The second-order valence-corrected chi connectivity index (χ2v) is 7.21. The monoisotopic (exact) mass is 368 g/mol. The topological polar surface area (TPSA) is 67.2 Å². The molecule has 0 saturated carbocycles. The van der Waals surface area contributed by atoms with Crippen LogP contribution in [0, 0.1) is 5.92 Å². The van der Waals surface area contributed by atoms with Gasteiger partial charge >= 0.3 is 0 Å². The average molecular weight is 368 g/mol. The van der Waals surface area contributed by atoms with E-state index in [4.69, 9.17) is 0 Å². The standard InChI is InChI=1S/C21H28N4O2/c1-3-6-20(26)22-12-9-19-23-17-7-4-5-8-18(17)25(19)15-21(27)24-13-10-16(2)11-14-24/h3-8,16H,9-15H2,1-2H3,(H,22,26)/b6-3+. The van der Waals surface area contributed by atoms with Crippen LogP contribution in [0.25, 0.3) is 11.0 Å². The first kappa shape index (κ1) is 19.1. The number of allylic oxidation sites excluding steroid dienone is 1. The number of para-hydroxylation sites is 2. The smallest absolute Gasteiger partial charge is 0.243 e. The number of nitrogens with zero attached hydrogens (tertiary/aromatic N) is 3. The first-order chi connectivity index (χ1) is 13.1. The molecule has 144 valence electrons. The van der Waals surface area contributed by atoms with E-state index in [1.165, 1.54) is 6.08 Å². The maximum Gasteiger partial charge on any atom is 0.243 e. The molecule has 1 fully saturated rings. The number of nitrogens with one attached hydrogen (secondary N) is 1. The fourth-order valence-electron chi connectivity index (χ4n) is 3.49. The predicted molar refractivity (Wildman–Crippen MR) is 106 cm³/mol. The van der Waals surface area contributed by atoms with Gasteiger partial charge < -0.3 is 14.8 Å². The number of piperidine rings is 1. The molecule has 2 heterocycles. The van der Waals surface area contributed by atoms with E-state index < -0.39 is 0 Å². The van der Waals surface area contributed by atoms with E-state index in [1.807, 2.05) is 40.7 Å². The maximum atomic E-state index is 12.8. The Hall–Kier alpha value is -2.63. The number of amides is 2. The lowest BCUT2D eigenvalue weighted by molar-refractivity contribution is -0.133. The van der Waals surface area contributed by atoms with Crippen LogP contribution in [0.4, 0.5) is 0 Å². The number of fused-ring (bicyclic) bond motifs is 1. The van der Waals surface area contributed by atoms with E-state index in [-0.39, 0.29) is 11.8 Å². The van der Waals surface area contributed by atoms with Crippen molar-refractivity contribution in [3.63, 3.8) is 0 Å². The Morgan fingerprint density at radius 2 is 2.00 bits per heavy atom. The number of hydrogen-bond donors (Lipinski definition) is 1. The summed E-state index contributed by atoms with van der Waals surface area (Å²) >= 11 is 0. The lowest BCUT2D eigenvalue weighted by atomic mass is 9.99. The number of rotatable bonds is 6. The summed E-state index contributed by atoms with van der Waals surface area (Å²) < 4.78 is 2.00. The Morgan fingerprint density at radius 3 is 2.74 bits per heavy atom. The molecule has 2 amide bonds. The van der Waals surface area contributed by atoms with Crippen molar-refractivity contribution in [1.82, 2.24) is 19.8 Å². The molecule has 1 aliphatic rings. The molecule has 1 aromatic heterocycles. The van der Waals surface area contributed by atoms with Crippen LogP contribution in [-0.2, 0) is 22.6 Å². The highest BCUT2D eigenvalue weighted by atomic mass is 16.2. The number of carbonyl (C=O) groups is 2. The van der Waals surface area contributed by atoms with Crippen molar-refractivity contribution in [3.8, 4) is 0 Å². The Bertz CT molecular complexity index is 832. The maximum absolute atomic E-state index is 12.8. The number of likely N-dealkylation sites (tertiary alicyclic amines) is 1. The molecule has 1 N–H and O–H groups in total. The molecule has 0 bridgehead atoms. The van der Waals surface area contributed by atoms with E-state index in [9.17, 15) is 9.59 Å². The third kappa shape index (κ3) is 4.76. The van der Waals surface area contributed by atoms with E-state index in [1.54, 1.807) is 6.08 Å². The molecule has 1 aromatic carbocycles. The quantitative estimate of drug-likeness (QED) is 0.797. The third-order valence-electron chi connectivity index (χ3n) is 5.13. The molecule has 2 aromatic rings. The van der Waals surface area contributed by atoms with Gasteiger partial charge in [0.25, 0.3) is 0 Å². The van der Waals surface area contributed by atoms with Crippen molar-refractivity contribution in [1.29, 1.82) is 0 Å². The van der Waals surface area contributed by atoms with Gasteiger partial charge in [0.15, 0.2) is 0 Å². The number of hydrogen-bond acceptors (Lipinski definition) is 3. The van der Waals surface area contributed by atoms with Gasteiger partial charge in [0, 0.05) is 26.1 Å². The van der Waals surface area contributed by atoms with Crippen LogP contribution < -0.4 is 5.32 Å².